The van der Waals surface area contributed by atoms with Crippen LogP contribution >= 0.6 is 11.6 Å². The fourth-order valence-corrected chi connectivity index (χ4v) is 2.02. The van der Waals surface area contributed by atoms with E-state index in [0.29, 0.717) is 10.6 Å². The maximum Gasteiger partial charge on any atom is 0.0962 e. The van der Waals surface area contributed by atoms with Crippen molar-refractivity contribution in [3.05, 3.63) is 41.0 Å². The van der Waals surface area contributed by atoms with Gasteiger partial charge in [0.2, 0.25) is 0 Å². The highest BCUT2D eigenvalue weighted by Gasteiger charge is 2.14. The summed E-state index contributed by atoms with van der Waals surface area (Å²) in [5.74, 6) is 0. The largest absolute Gasteiger partial charge is 0.193 e. The van der Waals surface area contributed by atoms with Crippen LogP contribution in [-0.4, -0.2) is 0 Å². The van der Waals surface area contributed by atoms with Gasteiger partial charge in [-0.25, -0.2) is 0 Å². The quantitative estimate of drug-likeness (QED) is 0.681. The molecule has 0 saturated heterocycles. The summed E-state index contributed by atoms with van der Waals surface area (Å²) in [6.07, 6.45) is 1.66. The number of nitriles is 1. The first-order valence-electron chi connectivity index (χ1n) is 6.29. The minimum atomic E-state index is 0.135. The van der Waals surface area contributed by atoms with E-state index in [1.165, 1.54) is 5.56 Å². The van der Waals surface area contributed by atoms with Gasteiger partial charge in [0.05, 0.1) is 11.1 Å². The van der Waals surface area contributed by atoms with Crippen molar-refractivity contribution >= 4 is 16.6 Å². The Kier molecular flexibility index (Phi) is 4.99. The normalized spacial score (nSPS) is 12.9. The summed E-state index contributed by atoms with van der Waals surface area (Å²) in [6.45, 7) is 8.58. The fraction of sp³-hybridized carbons (Fsp3) is 0.438. The molecule has 0 amide bonds. The summed E-state index contributed by atoms with van der Waals surface area (Å²) >= 11 is 6.27. The summed E-state index contributed by atoms with van der Waals surface area (Å²) < 4.78 is 0. The second-order valence-corrected chi connectivity index (χ2v) is 5.86. The van der Waals surface area contributed by atoms with Gasteiger partial charge >= 0.3 is 0 Å². The molecule has 0 unspecified atom stereocenters. The van der Waals surface area contributed by atoms with Crippen molar-refractivity contribution in [3.63, 3.8) is 0 Å². The van der Waals surface area contributed by atoms with Crippen LogP contribution < -0.4 is 0 Å². The molecule has 0 bridgehead atoms. The number of nitrogens with zero attached hydrogens (tertiary/aromatic N) is 1. The third-order valence-corrected chi connectivity index (χ3v) is 3.35. The molecule has 0 spiro atoms. The van der Waals surface area contributed by atoms with E-state index < -0.39 is 0 Å². The van der Waals surface area contributed by atoms with Gasteiger partial charge in [0, 0.05) is 5.57 Å². The van der Waals surface area contributed by atoms with E-state index in [0.717, 1.165) is 18.4 Å². The Morgan fingerprint density at radius 1 is 1.22 bits per heavy atom. The van der Waals surface area contributed by atoms with E-state index in [-0.39, 0.29) is 5.41 Å². The molecule has 0 atom stereocenters. The Bertz CT molecular complexity index is 469. The minimum Gasteiger partial charge on any atom is -0.193 e. The van der Waals surface area contributed by atoms with Crippen LogP contribution in [0.2, 0.25) is 0 Å². The number of benzene rings is 1. The molecule has 1 aromatic rings. The van der Waals surface area contributed by atoms with Crippen LogP contribution in [-0.2, 0) is 5.41 Å². The zero-order valence-corrected chi connectivity index (χ0v) is 12.3. The zero-order chi connectivity index (χ0) is 13.8. The maximum atomic E-state index is 9.08. The van der Waals surface area contributed by atoms with Crippen LogP contribution in [0, 0.1) is 11.3 Å². The summed E-state index contributed by atoms with van der Waals surface area (Å²) in [4.78, 5) is 0. The first-order chi connectivity index (χ1) is 8.40. The number of rotatable bonds is 3. The molecule has 0 fully saturated rings. The third-order valence-electron chi connectivity index (χ3n) is 2.90. The summed E-state index contributed by atoms with van der Waals surface area (Å²) in [5, 5.41) is 9.66. The van der Waals surface area contributed by atoms with Crippen LogP contribution in [0.1, 0.15) is 51.7 Å². The van der Waals surface area contributed by atoms with Gasteiger partial charge in [-0.2, -0.15) is 5.26 Å². The van der Waals surface area contributed by atoms with Crippen molar-refractivity contribution in [2.45, 2.75) is 46.0 Å². The standard InChI is InChI=1S/C16H20ClN/c1-5-6-13(11-18)15(17)12-7-9-14(10-8-12)16(2,3)4/h7-10H,5-6H2,1-4H3. The number of hydrogen-bond acceptors (Lipinski definition) is 1. The van der Waals surface area contributed by atoms with Crippen molar-refractivity contribution in [1.29, 1.82) is 5.26 Å². The highest BCUT2D eigenvalue weighted by atomic mass is 35.5. The summed E-state index contributed by atoms with van der Waals surface area (Å²) in [5.41, 5.74) is 3.00. The summed E-state index contributed by atoms with van der Waals surface area (Å²) in [7, 11) is 0. The van der Waals surface area contributed by atoms with Crippen LogP contribution in [0.5, 0.6) is 0 Å². The van der Waals surface area contributed by atoms with E-state index in [1.807, 2.05) is 19.1 Å². The molecule has 1 aromatic carbocycles. The van der Waals surface area contributed by atoms with Crippen molar-refractivity contribution in [2.75, 3.05) is 0 Å². The molecule has 2 heteroatoms. The predicted molar refractivity (Wildman–Crippen MR) is 78.4 cm³/mol. The topological polar surface area (TPSA) is 23.8 Å². The highest BCUT2D eigenvalue weighted by molar-refractivity contribution is 6.49. The van der Waals surface area contributed by atoms with Crippen molar-refractivity contribution in [3.8, 4) is 6.07 Å². The van der Waals surface area contributed by atoms with E-state index in [4.69, 9.17) is 16.9 Å². The van der Waals surface area contributed by atoms with Gasteiger partial charge in [-0.05, 0) is 23.0 Å². The first-order valence-corrected chi connectivity index (χ1v) is 6.67. The Hall–Kier alpha value is -1.26. The molecule has 1 nitrogen and oxygen atoms in total. The Morgan fingerprint density at radius 3 is 2.17 bits per heavy atom. The van der Waals surface area contributed by atoms with E-state index in [9.17, 15) is 0 Å². The van der Waals surface area contributed by atoms with Crippen LogP contribution in [0.25, 0.3) is 5.03 Å². The fourth-order valence-electron chi connectivity index (χ4n) is 1.76. The molecule has 0 aromatic heterocycles. The minimum absolute atomic E-state index is 0.135. The second kappa shape index (κ2) is 6.07. The van der Waals surface area contributed by atoms with Crippen LogP contribution in [0.15, 0.2) is 29.8 Å². The van der Waals surface area contributed by atoms with Crippen molar-refractivity contribution in [1.82, 2.24) is 0 Å². The molecule has 0 radical (unpaired) electrons. The molecule has 0 aliphatic heterocycles. The Labute approximate surface area is 115 Å². The van der Waals surface area contributed by atoms with Crippen molar-refractivity contribution < 1.29 is 0 Å². The smallest absolute Gasteiger partial charge is 0.0962 e. The van der Waals surface area contributed by atoms with Crippen LogP contribution in [0.3, 0.4) is 0 Å². The lowest BCUT2D eigenvalue weighted by Crippen LogP contribution is -2.10. The monoisotopic (exact) mass is 261 g/mol. The molecule has 0 heterocycles. The summed E-state index contributed by atoms with van der Waals surface area (Å²) in [6, 6.07) is 10.3. The van der Waals surface area contributed by atoms with Gasteiger partial charge in [-0.1, -0.05) is 70.0 Å². The van der Waals surface area contributed by atoms with Gasteiger partial charge < -0.3 is 0 Å². The molecule has 0 saturated carbocycles. The van der Waals surface area contributed by atoms with Gasteiger partial charge in [0.15, 0.2) is 0 Å². The maximum absolute atomic E-state index is 9.08. The van der Waals surface area contributed by atoms with Gasteiger partial charge in [0.25, 0.3) is 0 Å². The lowest BCUT2D eigenvalue weighted by Gasteiger charge is -2.19. The number of allylic oxidation sites excluding steroid dienone is 1. The molecule has 1 rings (SSSR count). The molecule has 18 heavy (non-hydrogen) atoms. The van der Waals surface area contributed by atoms with E-state index >= 15 is 0 Å². The molecule has 0 aliphatic carbocycles. The molecular weight excluding hydrogens is 242 g/mol. The van der Waals surface area contributed by atoms with Gasteiger partial charge in [0.1, 0.15) is 0 Å². The lowest BCUT2D eigenvalue weighted by atomic mass is 9.86. The van der Waals surface area contributed by atoms with Gasteiger partial charge in [-0.15, -0.1) is 0 Å². The van der Waals surface area contributed by atoms with E-state index in [1.54, 1.807) is 0 Å². The van der Waals surface area contributed by atoms with Gasteiger partial charge in [-0.3, -0.25) is 0 Å². The SMILES string of the molecule is CCCC(C#N)=C(Cl)c1ccc(C(C)(C)C)cc1. The Balaban J connectivity index is 3.09. The molecule has 96 valence electrons. The molecular formula is C16H20ClN. The second-order valence-electron chi connectivity index (χ2n) is 5.48. The zero-order valence-electron chi connectivity index (χ0n) is 11.5. The van der Waals surface area contributed by atoms with E-state index in [2.05, 4.69) is 39.0 Å². The third kappa shape index (κ3) is 3.62. The lowest BCUT2D eigenvalue weighted by molar-refractivity contribution is 0.590. The average molecular weight is 262 g/mol. The first kappa shape index (κ1) is 14.8. The predicted octanol–water partition coefficient (Wildman–Crippen LogP) is 5.26. The van der Waals surface area contributed by atoms with Crippen LogP contribution in [0.4, 0.5) is 0 Å². The molecule has 0 N–H and O–H groups in total. The molecule has 0 aliphatic rings. The highest BCUT2D eigenvalue weighted by Crippen LogP contribution is 2.28. The number of hydrogen-bond donors (Lipinski definition) is 0. The van der Waals surface area contributed by atoms with Crippen molar-refractivity contribution in [2.24, 2.45) is 0 Å². The number of halogens is 1. The Morgan fingerprint density at radius 2 is 1.78 bits per heavy atom. The average Bonchev–Trinajstić information content (AvgIpc) is 2.34.